The topological polar surface area (TPSA) is 110 Å². The summed E-state index contributed by atoms with van der Waals surface area (Å²) in [6.07, 6.45) is 1.20. The molecule has 3 rings (SSSR count). The minimum absolute atomic E-state index is 0.0603. The van der Waals surface area contributed by atoms with Crippen LogP contribution in [-0.2, 0) is 25.3 Å². The van der Waals surface area contributed by atoms with Crippen LogP contribution in [0.4, 0.5) is 5.69 Å². The number of ether oxygens (including phenoxy) is 1. The van der Waals surface area contributed by atoms with Gasteiger partial charge in [0, 0.05) is 44.9 Å². The van der Waals surface area contributed by atoms with E-state index in [-0.39, 0.29) is 30.4 Å². The highest BCUT2D eigenvalue weighted by molar-refractivity contribution is 7.88. The molecular formula is C16H21N3O6S. The molecule has 0 saturated carbocycles. The number of hydrogen-bond acceptors (Lipinski definition) is 6. The minimum Gasteiger partial charge on any atom is -0.368 e. The number of nitro groups is 1. The third-order valence-electron chi connectivity index (χ3n) is 4.65. The molecule has 10 heteroatoms. The van der Waals surface area contributed by atoms with Crippen LogP contribution in [0.25, 0.3) is 0 Å². The van der Waals surface area contributed by atoms with Crippen molar-refractivity contribution in [3.8, 4) is 0 Å². The molecule has 2 saturated heterocycles. The summed E-state index contributed by atoms with van der Waals surface area (Å²) in [6.45, 7) is 1.78. The van der Waals surface area contributed by atoms with E-state index in [1.54, 1.807) is 4.90 Å². The van der Waals surface area contributed by atoms with Gasteiger partial charge in [0.2, 0.25) is 10.0 Å². The molecule has 1 amide bonds. The first-order valence-corrected chi connectivity index (χ1v) is 10.1. The molecule has 2 fully saturated rings. The molecule has 142 valence electrons. The van der Waals surface area contributed by atoms with Crippen molar-refractivity contribution in [2.75, 3.05) is 32.8 Å². The van der Waals surface area contributed by atoms with Crippen molar-refractivity contribution in [2.45, 2.75) is 24.7 Å². The van der Waals surface area contributed by atoms with E-state index >= 15 is 0 Å². The molecule has 1 unspecified atom stereocenters. The molecule has 2 aliphatic rings. The fraction of sp³-hybridized carbons (Fsp3) is 0.562. The van der Waals surface area contributed by atoms with Gasteiger partial charge in [-0.1, -0.05) is 12.1 Å². The standard InChI is InChI=1S/C16H21N3O6S/c20-16(15-2-1-11-25-15)17-7-9-18(10-8-17)26(23,24)12-13-3-5-14(6-4-13)19(21)22/h3-6,15H,1-2,7-12H2. The van der Waals surface area contributed by atoms with Crippen molar-refractivity contribution < 1.29 is 22.9 Å². The van der Waals surface area contributed by atoms with E-state index in [1.165, 1.54) is 28.6 Å². The molecule has 9 nitrogen and oxygen atoms in total. The molecule has 2 heterocycles. The van der Waals surface area contributed by atoms with E-state index in [0.29, 0.717) is 25.3 Å². The number of amides is 1. The normalized spacial score (nSPS) is 21.7. The number of nitro benzene ring substituents is 1. The molecule has 0 bridgehead atoms. The maximum Gasteiger partial charge on any atom is 0.269 e. The first kappa shape index (κ1) is 18.7. The predicted molar refractivity (Wildman–Crippen MR) is 92.8 cm³/mol. The highest BCUT2D eigenvalue weighted by Crippen LogP contribution is 2.19. The first-order chi connectivity index (χ1) is 12.4. The van der Waals surface area contributed by atoms with Crippen LogP contribution in [0.5, 0.6) is 0 Å². The second-order valence-corrected chi connectivity index (χ2v) is 8.37. The highest BCUT2D eigenvalue weighted by Gasteiger charge is 2.33. The third-order valence-corrected chi connectivity index (χ3v) is 6.50. The molecule has 0 aliphatic carbocycles. The maximum atomic E-state index is 12.6. The molecule has 0 spiro atoms. The Kier molecular flexibility index (Phi) is 5.54. The highest BCUT2D eigenvalue weighted by atomic mass is 32.2. The number of non-ortho nitro benzene ring substituents is 1. The van der Waals surface area contributed by atoms with Gasteiger partial charge in [-0.3, -0.25) is 14.9 Å². The molecule has 26 heavy (non-hydrogen) atoms. The monoisotopic (exact) mass is 383 g/mol. The number of hydrogen-bond donors (Lipinski definition) is 0. The Morgan fingerprint density at radius 3 is 2.38 bits per heavy atom. The van der Waals surface area contributed by atoms with Gasteiger partial charge in [0.15, 0.2) is 0 Å². The largest absolute Gasteiger partial charge is 0.368 e. The van der Waals surface area contributed by atoms with Crippen LogP contribution < -0.4 is 0 Å². The van der Waals surface area contributed by atoms with Crippen LogP contribution in [0.3, 0.4) is 0 Å². The van der Waals surface area contributed by atoms with Crippen LogP contribution in [0, 0.1) is 10.1 Å². The number of carbonyl (C=O) groups is 1. The van der Waals surface area contributed by atoms with E-state index in [1.807, 2.05) is 0 Å². The van der Waals surface area contributed by atoms with Crippen molar-refractivity contribution in [2.24, 2.45) is 0 Å². The van der Waals surface area contributed by atoms with Gasteiger partial charge in [0.1, 0.15) is 6.10 Å². The molecule has 2 aliphatic heterocycles. The van der Waals surface area contributed by atoms with E-state index < -0.39 is 21.1 Å². The number of nitrogens with zero attached hydrogens (tertiary/aromatic N) is 3. The Hall–Kier alpha value is -2.04. The number of piperazine rings is 1. The van der Waals surface area contributed by atoms with Gasteiger partial charge in [-0.25, -0.2) is 8.42 Å². The molecule has 1 atom stereocenters. The zero-order valence-corrected chi connectivity index (χ0v) is 15.1. The summed E-state index contributed by atoms with van der Waals surface area (Å²) in [7, 11) is -3.54. The zero-order valence-electron chi connectivity index (χ0n) is 14.2. The lowest BCUT2D eigenvalue weighted by atomic mass is 10.2. The summed E-state index contributed by atoms with van der Waals surface area (Å²) in [5.41, 5.74) is 0.417. The van der Waals surface area contributed by atoms with Crippen LogP contribution >= 0.6 is 0 Å². The Bertz CT molecular complexity index is 766. The third kappa shape index (κ3) is 4.19. The van der Waals surface area contributed by atoms with Crippen molar-refractivity contribution in [1.82, 2.24) is 9.21 Å². The number of benzene rings is 1. The van der Waals surface area contributed by atoms with Gasteiger partial charge in [-0.05, 0) is 18.4 Å². The van der Waals surface area contributed by atoms with Gasteiger partial charge in [0.05, 0.1) is 10.7 Å². The van der Waals surface area contributed by atoms with Crippen LogP contribution in [0.15, 0.2) is 24.3 Å². The SMILES string of the molecule is O=C(C1CCCO1)N1CCN(S(=O)(=O)Cc2ccc([N+](=O)[O-])cc2)CC1. The van der Waals surface area contributed by atoms with E-state index in [2.05, 4.69) is 0 Å². The number of sulfonamides is 1. The Labute approximate surface area is 151 Å². The van der Waals surface area contributed by atoms with Gasteiger partial charge in [-0.15, -0.1) is 0 Å². The van der Waals surface area contributed by atoms with E-state index in [9.17, 15) is 23.3 Å². The summed E-state index contributed by atoms with van der Waals surface area (Å²) in [5.74, 6) is -0.278. The van der Waals surface area contributed by atoms with E-state index in [0.717, 1.165) is 12.8 Å². The lowest BCUT2D eigenvalue weighted by Crippen LogP contribution is -2.52. The fourth-order valence-corrected chi connectivity index (χ4v) is 4.69. The lowest BCUT2D eigenvalue weighted by molar-refractivity contribution is -0.384. The van der Waals surface area contributed by atoms with Gasteiger partial charge >= 0.3 is 0 Å². The maximum absolute atomic E-state index is 12.6. The number of carbonyl (C=O) groups excluding carboxylic acids is 1. The fourth-order valence-electron chi connectivity index (χ4n) is 3.18. The average molecular weight is 383 g/mol. The zero-order chi connectivity index (χ0) is 18.7. The summed E-state index contributed by atoms with van der Waals surface area (Å²) in [4.78, 5) is 24.1. The molecule has 1 aromatic carbocycles. The number of rotatable bonds is 5. The molecule has 0 aromatic heterocycles. The van der Waals surface area contributed by atoms with E-state index in [4.69, 9.17) is 4.74 Å². The summed E-state index contributed by atoms with van der Waals surface area (Å²) in [5, 5.41) is 10.7. The van der Waals surface area contributed by atoms with Gasteiger partial charge in [0.25, 0.3) is 11.6 Å². The van der Waals surface area contributed by atoms with Crippen molar-refractivity contribution >= 4 is 21.6 Å². The molecule has 0 radical (unpaired) electrons. The molecule has 0 N–H and O–H groups in total. The second kappa shape index (κ2) is 7.68. The molecular weight excluding hydrogens is 362 g/mol. The quantitative estimate of drug-likeness (QED) is 0.548. The van der Waals surface area contributed by atoms with Crippen LogP contribution in [0.1, 0.15) is 18.4 Å². The smallest absolute Gasteiger partial charge is 0.269 e. The summed E-state index contributed by atoms with van der Waals surface area (Å²) >= 11 is 0. The Morgan fingerprint density at radius 1 is 1.19 bits per heavy atom. The van der Waals surface area contributed by atoms with Crippen LogP contribution in [-0.4, -0.2) is 67.3 Å². The van der Waals surface area contributed by atoms with Gasteiger partial charge < -0.3 is 9.64 Å². The average Bonchev–Trinajstić information content (AvgIpc) is 3.16. The first-order valence-electron chi connectivity index (χ1n) is 8.48. The Morgan fingerprint density at radius 2 is 1.85 bits per heavy atom. The summed E-state index contributed by atoms with van der Waals surface area (Å²) in [6, 6.07) is 5.49. The summed E-state index contributed by atoms with van der Waals surface area (Å²) < 4.78 is 31.9. The van der Waals surface area contributed by atoms with Crippen LogP contribution in [0.2, 0.25) is 0 Å². The predicted octanol–water partition coefficient (Wildman–Crippen LogP) is 0.748. The minimum atomic E-state index is -3.54. The molecule has 1 aromatic rings. The lowest BCUT2D eigenvalue weighted by Gasteiger charge is -2.35. The van der Waals surface area contributed by atoms with Crippen molar-refractivity contribution in [3.05, 3.63) is 39.9 Å². The van der Waals surface area contributed by atoms with Crippen molar-refractivity contribution in [3.63, 3.8) is 0 Å². The van der Waals surface area contributed by atoms with Gasteiger partial charge in [-0.2, -0.15) is 4.31 Å². The Balaban J connectivity index is 1.57. The second-order valence-electron chi connectivity index (χ2n) is 6.41. The van der Waals surface area contributed by atoms with Crippen molar-refractivity contribution in [1.29, 1.82) is 0 Å².